The summed E-state index contributed by atoms with van der Waals surface area (Å²) >= 11 is 0. The molecule has 3 N–H and O–H groups in total. The van der Waals surface area contributed by atoms with Gasteiger partial charge in [0.15, 0.2) is 0 Å². The first-order valence-corrected chi connectivity index (χ1v) is 6.38. The average molecular weight is 232 g/mol. The van der Waals surface area contributed by atoms with Crippen LogP contribution >= 0.6 is 0 Å². The molecule has 0 saturated heterocycles. The summed E-state index contributed by atoms with van der Waals surface area (Å²) < 4.78 is 0. The van der Waals surface area contributed by atoms with Crippen LogP contribution in [0.2, 0.25) is 0 Å². The lowest BCUT2D eigenvalue weighted by atomic mass is 10.2. The Balaban J connectivity index is 3.59. The van der Waals surface area contributed by atoms with E-state index in [0.29, 0.717) is 12.6 Å². The number of nitrogens with one attached hydrogen (secondary N) is 1. The molecule has 2 atom stereocenters. The van der Waals surface area contributed by atoms with E-state index in [-0.39, 0.29) is 12.7 Å². The monoisotopic (exact) mass is 232 g/mol. The Labute approximate surface area is 99.7 Å². The summed E-state index contributed by atoms with van der Waals surface area (Å²) in [7, 11) is 0. The second-order valence-corrected chi connectivity index (χ2v) is 4.31. The minimum Gasteiger partial charge on any atom is -0.396 e. The maximum atomic E-state index is 9.80. The standard InChI is InChI=1S/C12H28N2O2/c1-4-14(5-2)10-12(16)9-13-11(3)7-6-8-15/h11-13,15-16H,4-10H2,1-3H3. The molecule has 98 valence electrons. The predicted octanol–water partition coefficient (Wildman–Crippen LogP) is 0.440. The van der Waals surface area contributed by atoms with Crippen molar-refractivity contribution in [3.05, 3.63) is 0 Å². The number of hydrogen-bond donors (Lipinski definition) is 3. The molecule has 4 nitrogen and oxygen atoms in total. The van der Waals surface area contributed by atoms with Crippen LogP contribution in [-0.4, -0.2) is 60.0 Å². The van der Waals surface area contributed by atoms with Crippen LogP contribution in [0.3, 0.4) is 0 Å². The molecule has 0 fully saturated rings. The van der Waals surface area contributed by atoms with Crippen molar-refractivity contribution in [1.29, 1.82) is 0 Å². The van der Waals surface area contributed by atoms with E-state index in [4.69, 9.17) is 5.11 Å². The molecule has 0 aliphatic heterocycles. The molecule has 16 heavy (non-hydrogen) atoms. The van der Waals surface area contributed by atoms with E-state index in [1.165, 1.54) is 0 Å². The molecule has 0 aromatic rings. The van der Waals surface area contributed by atoms with Gasteiger partial charge >= 0.3 is 0 Å². The van der Waals surface area contributed by atoms with Crippen molar-refractivity contribution in [1.82, 2.24) is 10.2 Å². The van der Waals surface area contributed by atoms with Crippen molar-refractivity contribution in [2.45, 2.75) is 45.8 Å². The van der Waals surface area contributed by atoms with Crippen molar-refractivity contribution < 1.29 is 10.2 Å². The van der Waals surface area contributed by atoms with Crippen LogP contribution in [0.4, 0.5) is 0 Å². The van der Waals surface area contributed by atoms with Crippen LogP contribution in [-0.2, 0) is 0 Å². The first kappa shape index (κ1) is 15.8. The largest absolute Gasteiger partial charge is 0.396 e. The average Bonchev–Trinajstić information content (AvgIpc) is 2.30. The molecule has 0 aliphatic rings. The summed E-state index contributed by atoms with van der Waals surface area (Å²) in [6.45, 7) is 9.85. The second-order valence-electron chi connectivity index (χ2n) is 4.31. The summed E-state index contributed by atoms with van der Waals surface area (Å²) in [5, 5.41) is 21.8. The maximum absolute atomic E-state index is 9.80. The van der Waals surface area contributed by atoms with Crippen LogP contribution in [0.5, 0.6) is 0 Å². The lowest BCUT2D eigenvalue weighted by Gasteiger charge is -2.23. The highest BCUT2D eigenvalue weighted by Gasteiger charge is 2.10. The lowest BCUT2D eigenvalue weighted by molar-refractivity contribution is 0.114. The molecule has 0 saturated carbocycles. The van der Waals surface area contributed by atoms with E-state index in [1.54, 1.807) is 0 Å². The third-order valence-electron chi connectivity index (χ3n) is 2.86. The molecule has 0 amide bonds. The molecule has 0 aromatic carbocycles. The third-order valence-corrected chi connectivity index (χ3v) is 2.86. The number of aliphatic hydroxyl groups excluding tert-OH is 2. The van der Waals surface area contributed by atoms with Crippen LogP contribution in [0, 0.1) is 0 Å². The lowest BCUT2D eigenvalue weighted by Crippen LogP contribution is -2.40. The Morgan fingerprint density at radius 2 is 1.88 bits per heavy atom. The first-order chi connectivity index (χ1) is 7.63. The molecule has 0 bridgehead atoms. The van der Waals surface area contributed by atoms with Gasteiger partial charge in [-0.15, -0.1) is 0 Å². The highest BCUT2D eigenvalue weighted by Crippen LogP contribution is 1.96. The van der Waals surface area contributed by atoms with Gasteiger partial charge in [-0.1, -0.05) is 13.8 Å². The highest BCUT2D eigenvalue weighted by atomic mass is 16.3. The van der Waals surface area contributed by atoms with Crippen LogP contribution in [0.25, 0.3) is 0 Å². The first-order valence-electron chi connectivity index (χ1n) is 6.38. The van der Waals surface area contributed by atoms with Gasteiger partial charge in [-0.3, -0.25) is 0 Å². The fraction of sp³-hybridized carbons (Fsp3) is 1.00. The summed E-state index contributed by atoms with van der Waals surface area (Å²) in [5.74, 6) is 0. The normalized spacial score (nSPS) is 15.4. The summed E-state index contributed by atoms with van der Waals surface area (Å²) in [4.78, 5) is 2.21. The number of aliphatic hydroxyl groups is 2. The van der Waals surface area contributed by atoms with E-state index in [1.807, 2.05) is 0 Å². The van der Waals surface area contributed by atoms with E-state index in [0.717, 1.165) is 32.5 Å². The van der Waals surface area contributed by atoms with Gasteiger partial charge in [0.2, 0.25) is 0 Å². The number of likely N-dealkylation sites (N-methyl/N-ethyl adjacent to an activating group) is 1. The molecule has 2 unspecified atom stereocenters. The van der Waals surface area contributed by atoms with Gasteiger partial charge in [0, 0.05) is 25.7 Å². The molecule has 0 spiro atoms. The smallest absolute Gasteiger partial charge is 0.0791 e. The zero-order valence-electron chi connectivity index (χ0n) is 10.9. The van der Waals surface area contributed by atoms with Gasteiger partial charge in [0.25, 0.3) is 0 Å². The molecule has 4 heteroatoms. The van der Waals surface area contributed by atoms with Crippen molar-refractivity contribution >= 4 is 0 Å². The molecule has 0 heterocycles. The molecular formula is C12H28N2O2. The maximum Gasteiger partial charge on any atom is 0.0791 e. The SMILES string of the molecule is CCN(CC)CC(O)CNC(C)CCCO. The van der Waals surface area contributed by atoms with Crippen molar-refractivity contribution in [3.8, 4) is 0 Å². The molecule has 0 radical (unpaired) electrons. The fourth-order valence-electron chi connectivity index (χ4n) is 1.68. The minimum atomic E-state index is -0.309. The summed E-state index contributed by atoms with van der Waals surface area (Å²) in [6.07, 6.45) is 1.46. The Hall–Kier alpha value is -0.160. The van der Waals surface area contributed by atoms with Gasteiger partial charge in [-0.25, -0.2) is 0 Å². The zero-order valence-corrected chi connectivity index (χ0v) is 10.9. The zero-order chi connectivity index (χ0) is 12.4. The van der Waals surface area contributed by atoms with Gasteiger partial charge < -0.3 is 20.4 Å². The topological polar surface area (TPSA) is 55.7 Å². The molecule has 0 aliphatic carbocycles. The molecule has 0 aromatic heterocycles. The number of nitrogens with zero attached hydrogens (tertiary/aromatic N) is 1. The van der Waals surface area contributed by atoms with E-state index < -0.39 is 0 Å². The van der Waals surface area contributed by atoms with Gasteiger partial charge in [-0.2, -0.15) is 0 Å². The Bertz CT molecular complexity index is 152. The van der Waals surface area contributed by atoms with Crippen LogP contribution in [0.15, 0.2) is 0 Å². The molecule has 0 rings (SSSR count). The van der Waals surface area contributed by atoms with Crippen LogP contribution < -0.4 is 5.32 Å². The number of rotatable bonds is 10. The van der Waals surface area contributed by atoms with Crippen LogP contribution in [0.1, 0.15) is 33.6 Å². The summed E-state index contributed by atoms with van der Waals surface area (Å²) in [6, 6.07) is 0.360. The van der Waals surface area contributed by atoms with Gasteiger partial charge in [0.05, 0.1) is 6.10 Å². The summed E-state index contributed by atoms with van der Waals surface area (Å²) in [5.41, 5.74) is 0. The quantitative estimate of drug-likeness (QED) is 0.511. The molecular weight excluding hydrogens is 204 g/mol. The van der Waals surface area contributed by atoms with E-state index in [9.17, 15) is 5.11 Å². The Morgan fingerprint density at radius 3 is 2.38 bits per heavy atom. The second kappa shape index (κ2) is 10.0. The predicted molar refractivity (Wildman–Crippen MR) is 67.6 cm³/mol. The third kappa shape index (κ3) is 8.05. The van der Waals surface area contributed by atoms with E-state index in [2.05, 4.69) is 31.0 Å². The van der Waals surface area contributed by atoms with Crippen molar-refractivity contribution in [2.75, 3.05) is 32.8 Å². The minimum absolute atomic E-state index is 0.244. The Morgan fingerprint density at radius 1 is 1.25 bits per heavy atom. The van der Waals surface area contributed by atoms with Crippen molar-refractivity contribution in [3.63, 3.8) is 0 Å². The number of hydrogen-bond acceptors (Lipinski definition) is 4. The fourth-order valence-corrected chi connectivity index (χ4v) is 1.68. The highest BCUT2D eigenvalue weighted by molar-refractivity contribution is 4.68. The van der Waals surface area contributed by atoms with Gasteiger partial charge in [0.1, 0.15) is 0 Å². The van der Waals surface area contributed by atoms with Crippen molar-refractivity contribution in [2.24, 2.45) is 0 Å². The Kier molecular flexibility index (Phi) is 9.92. The van der Waals surface area contributed by atoms with Gasteiger partial charge in [-0.05, 0) is 32.9 Å². The van der Waals surface area contributed by atoms with E-state index >= 15 is 0 Å².